The normalized spacial score (nSPS) is 23.6. The number of hydrogen-bond acceptors (Lipinski definition) is 2. The lowest BCUT2D eigenvalue weighted by Crippen LogP contribution is -2.28. The molecule has 1 aromatic rings. The van der Waals surface area contributed by atoms with Gasteiger partial charge in [0.05, 0.1) is 7.11 Å². The van der Waals surface area contributed by atoms with Gasteiger partial charge in [0.2, 0.25) is 0 Å². The van der Waals surface area contributed by atoms with Gasteiger partial charge >= 0.3 is 0 Å². The van der Waals surface area contributed by atoms with Crippen molar-refractivity contribution in [3.05, 3.63) is 41.2 Å². The maximum Gasteiger partial charge on any atom is 0.165 e. The summed E-state index contributed by atoms with van der Waals surface area (Å²) in [6.45, 7) is 7.55. The second-order valence-electron chi connectivity index (χ2n) is 6.32. The van der Waals surface area contributed by atoms with Gasteiger partial charge in [0, 0.05) is 6.04 Å². The molecule has 2 nitrogen and oxygen atoms in total. The highest BCUT2D eigenvalue weighted by molar-refractivity contribution is 5.30. The molecule has 21 heavy (non-hydrogen) atoms. The van der Waals surface area contributed by atoms with E-state index in [0.29, 0.717) is 17.6 Å². The van der Waals surface area contributed by atoms with Crippen LogP contribution >= 0.6 is 0 Å². The number of nitrogens with one attached hydrogen (secondary N) is 1. The average molecular weight is 291 g/mol. The van der Waals surface area contributed by atoms with E-state index in [9.17, 15) is 4.39 Å². The van der Waals surface area contributed by atoms with Crippen LogP contribution in [0.2, 0.25) is 0 Å². The third kappa shape index (κ3) is 4.31. The molecular weight excluding hydrogens is 265 g/mol. The molecule has 1 aliphatic rings. The Labute approximate surface area is 127 Å². The maximum absolute atomic E-state index is 13.7. The number of hydrogen-bond donors (Lipinski definition) is 1. The van der Waals surface area contributed by atoms with Crippen molar-refractivity contribution in [3.63, 3.8) is 0 Å². The van der Waals surface area contributed by atoms with Crippen molar-refractivity contribution in [1.82, 2.24) is 5.32 Å². The minimum Gasteiger partial charge on any atom is -0.494 e. The standard InChI is InChI=1S/C18H26FNO/c1-12-7-13(2)9-15(8-12)11-20-14(3)16-5-6-18(21-4)17(19)10-16/h5-7,10,12,14-15,20H,8-9,11H2,1-4H3. The van der Waals surface area contributed by atoms with Crippen LogP contribution in [0, 0.1) is 17.7 Å². The molecule has 0 radical (unpaired) electrons. The third-order valence-corrected chi connectivity index (χ3v) is 4.27. The lowest BCUT2D eigenvalue weighted by molar-refractivity contribution is 0.365. The Morgan fingerprint density at radius 2 is 2.19 bits per heavy atom. The molecule has 116 valence electrons. The summed E-state index contributed by atoms with van der Waals surface area (Å²) in [4.78, 5) is 0. The first-order valence-electron chi connectivity index (χ1n) is 7.73. The van der Waals surface area contributed by atoms with Crippen LogP contribution in [-0.2, 0) is 0 Å². The summed E-state index contributed by atoms with van der Waals surface area (Å²) in [5.41, 5.74) is 2.45. The lowest BCUT2D eigenvalue weighted by Gasteiger charge is -2.27. The topological polar surface area (TPSA) is 21.3 Å². The molecule has 0 spiro atoms. The van der Waals surface area contributed by atoms with Gasteiger partial charge in [0.1, 0.15) is 0 Å². The molecule has 0 bridgehead atoms. The summed E-state index contributed by atoms with van der Waals surface area (Å²) in [6.07, 6.45) is 4.77. The highest BCUT2D eigenvalue weighted by Crippen LogP contribution is 2.28. The van der Waals surface area contributed by atoms with Crippen LogP contribution in [0.1, 0.15) is 45.2 Å². The summed E-state index contributed by atoms with van der Waals surface area (Å²) in [5.74, 6) is 1.34. The highest BCUT2D eigenvalue weighted by atomic mass is 19.1. The summed E-state index contributed by atoms with van der Waals surface area (Å²) < 4.78 is 18.7. The average Bonchev–Trinajstić information content (AvgIpc) is 2.43. The van der Waals surface area contributed by atoms with Crippen molar-refractivity contribution < 1.29 is 9.13 Å². The van der Waals surface area contributed by atoms with Crippen LogP contribution in [0.25, 0.3) is 0 Å². The fraction of sp³-hybridized carbons (Fsp3) is 0.556. The molecule has 0 aromatic heterocycles. The first-order chi connectivity index (χ1) is 9.99. The van der Waals surface area contributed by atoms with E-state index in [1.165, 1.54) is 25.5 Å². The van der Waals surface area contributed by atoms with Crippen molar-refractivity contribution in [2.24, 2.45) is 11.8 Å². The monoisotopic (exact) mass is 291 g/mol. The predicted molar refractivity (Wildman–Crippen MR) is 85.0 cm³/mol. The van der Waals surface area contributed by atoms with Gasteiger partial charge in [-0.25, -0.2) is 4.39 Å². The Morgan fingerprint density at radius 1 is 1.43 bits per heavy atom. The fourth-order valence-electron chi connectivity index (χ4n) is 3.26. The van der Waals surface area contributed by atoms with Crippen LogP contribution in [0.5, 0.6) is 5.75 Å². The van der Waals surface area contributed by atoms with Crippen molar-refractivity contribution in [3.8, 4) is 5.75 Å². The minimum atomic E-state index is -0.297. The maximum atomic E-state index is 13.7. The molecule has 3 unspecified atom stereocenters. The molecule has 0 saturated heterocycles. The Bertz CT molecular complexity index is 512. The van der Waals surface area contributed by atoms with Crippen LogP contribution in [0.4, 0.5) is 4.39 Å². The van der Waals surface area contributed by atoms with Crippen LogP contribution in [-0.4, -0.2) is 13.7 Å². The zero-order chi connectivity index (χ0) is 15.4. The van der Waals surface area contributed by atoms with Gasteiger partial charge < -0.3 is 10.1 Å². The van der Waals surface area contributed by atoms with E-state index in [2.05, 4.69) is 32.2 Å². The number of allylic oxidation sites excluding steroid dienone is 2. The lowest BCUT2D eigenvalue weighted by atomic mass is 9.83. The number of benzene rings is 1. The molecule has 3 atom stereocenters. The Morgan fingerprint density at radius 3 is 2.81 bits per heavy atom. The van der Waals surface area contributed by atoms with Gasteiger partial charge in [-0.1, -0.05) is 24.6 Å². The molecule has 0 saturated carbocycles. The molecule has 1 N–H and O–H groups in total. The van der Waals surface area contributed by atoms with Crippen LogP contribution in [0.15, 0.2) is 29.8 Å². The number of rotatable bonds is 5. The van der Waals surface area contributed by atoms with Crippen LogP contribution < -0.4 is 10.1 Å². The van der Waals surface area contributed by atoms with Gasteiger partial charge in [0.25, 0.3) is 0 Å². The van der Waals surface area contributed by atoms with E-state index in [-0.39, 0.29) is 11.9 Å². The number of halogens is 1. The zero-order valence-electron chi connectivity index (χ0n) is 13.4. The number of methoxy groups -OCH3 is 1. The van der Waals surface area contributed by atoms with Gasteiger partial charge in [-0.15, -0.1) is 0 Å². The number of ether oxygens (including phenoxy) is 1. The highest BCUT2D eigenvalue weighted by Gasteiger charge is 2.19. The molecule has 0 heterocycles. The Hall–Kier alpha value is -1.35. The molecular formula is C18H26FNO. The Kier molecular flexibility index (Phi) is 5.40. The largest absolute Gasteiger partial charge is 0.494 e. The molecule has 1 aliphatic carbocycles. The molecule has 2 rings (SSSR count). The molecule has 0 aliphatic heterocycles. The summed E-state index contributed by atoms with van der Waals surface area (Å²) in [6, 6.07) is 5.32. The summed E-state index contributed by atoms with van der Waals surface area (Å²) in [5, 5.41) is 3.54. The van der Waals surface area contributed by atoms with E-state index in [1.807, 2.05) is 6.07 Å². The van der Waals surface area contributed by atoms with Crippen molar-refractivity contribution in [2.45, 2.75) is 39.7 Å². The smallest absolute Gasteiger partial charge is 0.165 e. The van der Waals surface area contributed by atoms with Gasteiger partial charge in [-0.05, 0) is 62.8 Å². The van der Waals surface area contributed by atoms with E-state index < -0.39 is 0 Å². The molecule has 0 amide bonds. The summed E-state index contributed by atoms with van der Waals surface area (Å²) >= 11 is 0. The van der Waals surface area contributed by atoms with E-state index >= 15 is 0 Å². The van der Waals surface area contributed by atoms with E-state index in [1.54, 1.807) is 12.1 Å². The molecule has 1 aromatic carbocycles. The quantitative estimate of drug-likeness (QED) is 0.808. The first kappa shape index (κ1) is 16.0. The third-order valence-electron chi connectivity index (χ3n) is 4.27. The van der Waals surface area contributed by atoms with Crippen molar-refractivity contribution >= 4 is 0 Å². The van der Waals surface area contributed by atoms with Crippen molar-refractivity contribution in [2.75, 3.05) is 13.7 Å². The Balaban J connectivity index is 1.91. The van der Waals surface area contributed by atoms with E-state index in [4.69, 9.17) is 4.74 Å². The van der Waals surface area contributed by atoms with Gasteiger partial charge in [-0.2, -0.15) is 0 Å². The molecule has 3 heteroatoms. The van der Waals surface area contributed by atoms with Gasteiger partial charge in [0.15, 0.2) is 11.6 Å². The second-order valence-corrected chi connectivity index (χ2v) is 6.32. The second kappa shape index (κ2) is 7.08. The van der Waals surface area contributed by atoms with Crippen molar-refractivity contribution in [1.29, 1.82) is 0 Å². The van der Waals surface area contributed by atoms with Gasteiger partial charge in [-0.3, -0.25) is 0 Å². The summed E-state index contributed by atoms with van der Waals surface area (Å²) in [7, 11) is 1.49. The fourth-order valence-corrected chi connectivity index (χ4v) is 3.26. The SMILES string of the molecule is COc1ccc(C(C)NCC2CC(C)=CC(C)C2)cc1F. The minimum absolute atomic E-state index is 0.145. The van der Waals surface area contributed by atoms with E-state index in [0.717, 1.165) is 12.1 Å². The zero-order valence-corrected chi connectivity index (χ0v) is 13.4. The predicted octanol–water partition coefficient (Wildman–Crippen LogP) is 4.48. The first-order valence-corrected chi connectivity index (χ1v) is 7.73. The molecule has 0 fully saturated rings. The van der Waals surface area contributed by atoms with Crippen LogP contribution in [0.3, 0.4) is 0 Å².